The summed E-state index contributed by atoms with van der Waals surface area (Å²) in [6.45, 7) is 1.64. The molecular formula is C13H18ClNO4S. The Morgan fingerprint density at radius 3 is 2.85 bits per heavy atom. The minimum atomic E-state index is -3.56. The van der Waals surface area contributed by atoms with Gasteiger partial charge < -0.3 is 9.84 Å². The molecule has 0 aromatic heterocycles. The standard InChI is InChI=1S/C13H18ClNO4S/c14-13-7-12(2-1-11(13)8-16)20(17,18)15-5-3-10-4-6-19-9-10/h1-2,7,10,15-16H,3-6,8-9H2. The second-order valence-electron chi connectivity index (χ2n) is 4.83. The van der Waals surface area contributed by atoms with Crippen LogP contribution in [0.15, 0.2) is 23.1 Å². The van der Waals surface area contributed by atoms with Gasteiger partial charge in [0.25, 0.3) is 0 Å². The third-order valence-corrected chi connectivity index (χ3v) is 5.18. The molecule has 2 rings (SSSR count). The van der Waals surface area contributed by atoms with Gasteiger partial charge in [0.15, 0.2) is 0 Å². The smallest absolute Gasteiger partial charge is 0.240 e. The summed E-state index contributed by atoms with van der Waals surface area (Å²) in [6.07, 6.45) is 1.75. The second kappa shape index (κ2) is 6.87. The lowest BCUT2D eigenvalue weighted by molar-refractivity contribution is 0.184. The van der Waals surface area contributed by atoms with Crippen molar-refractivity contribution in [1.82, 2.24) is 4.72 Å². The van der Waals surface area contributed by atoms with E-state index in [0.29, 0.717) is 24.6 Å². The Morgan fingerprint density at radius 1 is 1.45 bits per heavy atom. The van der Waals surface area contributed by atoms with Gasteiger partial charge in [-0.2, -0.15) is 0 Å². The van der Waals surface area contributed by atoms with E-state index in [1.807, 2.05) is 0 Å². The summed E-state index contributed by atoms with van der Waals surface area (Å²) in [7, 11) is -3.56. The Hall–Kier alpha value is -0.660. The molecule has 0 radical (unpaired) electrons. The molecule has 0 saturated carbocycles. The van der Waals surface area contributed by atoms with Crippen LogP contribution in [0.4, 0.5) is 0 Å². The van der Waals surface area contributed by atoms with Crippen molar-refractivity contribution < 1.29 is 18.3 Å². The van der Waals surface area contributed by atoms with Crippen LogP contribution >= 0.6 is 11.6 Å². The molecule has 2 N–H and O–H groups in total. The van der Waals surface area contributed by atoms with Crippen LogP contribution in [0, 0.1) is 5.92 Å². The van der Waals surface area contributed by atoms with Crippen molar-refractivity contribution in [2.75, 3.05) is 19.8 Å². The van der Waals surface area contributed by atoms with Gasteiger partial charge in [-0.05, 0) is 36.5 Å². The molecule has 0 aliphatic carbocycles. The van der Waals surface area contributed by atoms with Crippen LogP contribution in [0.5, 0.6) is 0 Å². The molecular weight excluding hydrogens is 302 g/mol. The number of aliphatic hydroxyl groups is 1. The van der Waals surface area contributed by atoms with Crippen molar-refractivity contribution in [3.8, 4) is 0 Å². The molecule has 20 heavy (non-hydrogen) atoms. The normalized spacial score (nSPS) is 19.4. The fraction of sp³-hybridized carbons (Fsp3) is 0.538. The molecule has 1 fully saturated rings. The largest absolute Gasteiger partial charge is 0.392 e. The highest BCUT2D eigenvalue weighted by Crippen LogP contribution is 2.21. The van der Waals surface area contributed by atoms with Crippen LogP contribution in [-0.2, 0) is 21.4 Å². The van der Waals surface area contributed by atoms with Gasteiger partial charge in [-0.1, -0.05) is 17.7 Å². The average molecular weight is 320 g/mol. The minimum Gasteiger partial charge on any atom is -0.392 e. The molecule has 112 valence electrons. The molecule has 1 heterocycles. The summed E-state index contributed by atoms with van der Waals surface area (Å²) in [5.41, 5.74) is 0.508. The highest BCUT2D eigenvalue weighted by atomic mass is 35.5. The zero-order valence-corrected chi connectivity index (χ0v) is 12.6. The number of ether oxygens (including phenoxy) is 1. The molecule has 1 atom stereocenters. The quantitative estimate of drug-likeness (QED) is 0.834. The molecule has 1 aromatic rings. The van der Waals surface area contributed by atoms with Gasteiger partial charge in [-0.25, -0.2) is 13.1 Å². The van der Waals surface area contributed by atoms with Gasteiger partial charge in [0.1, 0.15) is 0 Å². The fourth-order valence-electron chi connectivity index (χ4n) is 2.12. The summed E-state index contributed by atoms with van der Waals surface area (Å²) in [4.78, 5) is 0.113. The maximum atomic E-state index is 12.1. The van der Waals surface area contributed by atoms with Crippen LogP contribution in [-0.4, -0.2) is 33.3 Å². The molecule has 1 aliphatic rings. The summed E-state index contributed by atoms with van der Waals surface area (Å²) < 4.78 is 32.0. The molecule has 0 bridgehead atoms. The van der Waals surface area contributed by atoms with Gasteiger partial charge >= 0.3 is 0 Å². The molecule has 0 amide bonds. The molecule has 1 aromatic carbocycles. The Labute approximate surface area is 124 Å². The maximum Gasteiger partial charge on any atom is 0.240 e. The highest BCUT2D eigenvalue weighted by molar-refractivity contribution is 7.89. The lowest BCUT2D eigenvalue weighted by Gasteiger charge is -2.10. The third-order valence-electron chi connectivity index (χ3n) is 3.37. The molecule has 1 unspecified atom stereocenters. The maximum absolute atomic E-state index is 12.1. The van der Waals surface area contributed by atoms with E-state index < -0.39 is 10.0 Å². The average Bonchev–Trinajstić information content (AvgIpc) is 2.91. The van der Waals surface area contributed by atoms with Crippen LogP contribution < -0.4 is 4.72 Å². The number of nitrogens with one attached hydrogen (secondary N) is 1. The van der Waals surface area contributed by atoms with Crippen molar-refractivity contribution in [1.29, 1.82) is 0 Å². The monoisotopic (exact) mass is 319 g/mol. The first-order valence-corrected chi connectivity index (χ1v) is 8.36. The van der Waals surface area contributed by atoms with Gasteiger partial charge in [0.05, 0.1) is 11.5 Å². The fourth-order valence-corrected chi connectivity index (χ4v) is 3.49. The first-order chi connectivity index (χ1) is 9.53. The third kappa shape index (κ3) is 3.93. The zero-order chi connectivity index (χ0) is 14.6. The van der Waals surface area contributed by atoms with E-state index >= 15 is 0 Å². The molecule has 7 heteroatoms. The van der Waals surface area contributed by atoms with Gasteiger partial charge in [-0.3, -0.25) is 0 Å². The topological polar surface area (TPSA) is 75.6 Å². The number of sulfonamides is 1. The van der Waals surface area contributed by atoms with E-state index in [-0.39, 0.29) is 16.5 Å². The first-order valence-electron chi connectivity index (χ1n) is 6.49. The number of halogens is 1. The van der Waals surface area contributed by atoms with Crippen LogP contribution in [0.25, 0.3) is 0 Å². The van der Waals surface area contributed by atoms with Crippen molar-refractivity contribution >= 4 is 21.6 Å². The first kappa shape index (κ1) is 15.7. The predicted molar refractivity (Wildman–Crippen MR) is 76.1 cm³/mol. The van der Waals surface area contributed by atoms with Gasteiger partial charge in [0, 0.05) is 24.8 Å². The van der Waals surface area contributed by atoms with Crippen LogP contribution in [0.1, 0.15) is 18.4 Å². The zero-order valence-electron chi connectivity index (χ0n) is 11.0. The Bertz CT molecular complexity index is 555. The van der Waals surface area contributed by atoms with Gasteiger partial charge in [-0.15, -0.1) is 0 Å². The Kier molecular flexibility index (Phi) is 5.40. The summed E-state index contributed by atoms with van der Waals surface area (Å²) in [5, 5.41) is 9.26. The number of hydrogen-bond acceptors (Lipinski definition) is 4. The van der Waals surface area contributed by atoms with Crippen molar-refractivity contribution in [2.24, 2.45) is 5.92 Å². The second-order valence-corrected chi connectivity index (χ2v) is 7.00. The lowest BCUT2D eigenvalue weighted by Crippen LogP contribution is -2.26. The molecule has 0 spiro atoms. The minimum absolute atomic E-state index is 0.113. The van der Waals surface area contributed by atoms with E-state index in [1.54, 1.807) is 0 Å². The predicted octanol–water partition coefficient (Wildman–Crippen LogP) is 1.54. The summed E-state index contributed by atoms with van der Waals surface area (Å²) in [5.74, 6) is 0.429. The summed E-state index contributed by atoms with van der Waals surface area (Å²) in [6, 6.07) is 4.31. The Morgan fingerprint density at radius 2 is 2.25 bits per heavy atom. The van der Waals surface area contributed by atoms with E-state index in [9.17, 15) is 8.42 Å². The SMILES string of the molecule is O=S(=O)(NCCC1CCOC1)c1ccc(CO)c(Cl)c1. The Balaban J connectivity index is 1.96. The van der Waals surface area contributed by atoms with Crippen LogP contribution in [0.2, 0.25) is 5.02 Å². The number of benzene rings is 1. The van der Waals surface area contributed by atoms with E-state index in [1.165, 1.54) is 18.2 Å². The number of hydrogen-bond donors (Lipinski definition) is 2. The number of rotatable bonds is 6. The highest BCUT2D eigenvalue weighted by Gasteiger charge is 2.18. The van der Waals surface area contributed by atoms with Crippen molar-refractivity contribution in [3.63, 3.8) is 0 Å². The molecule has 1 aliphatic heterocycles. The number of aliphatic hydroxyl groups excluding tert-OH is 1. The lowest BCUT2D eigenvalue weighted by atomic mass is 10.1. The van der Waals surface area contributed by atoms with E-state index in [0.717, 1.165) is 19.4 Å². The van der Waals surface area contributed by atoms with Crippen molar-refractivity contribution in [2.45, 2.75) is 24.3 Å². The van der Waals surface area contributed by atoms with Gasteiger partial charge in [0.2, 0.25) is 10.0 Å². The van der Waals surface area contributed by atoms with Crippen LogP contribution in [0.3, 0.4) is 0 Å². The van der Waals surface area contributed by atoms with E-state index in [4.69, 9.17) is 21.4 Å². The van der Waals surface area contributed by atoms with Crippen molar-refractivity contribution in [3.05, 3.63) is 28.8 Å². The molecule has 5 nitrogen and oxygen atoms in total. The molecule has 1 saturated heterocycles. The van der Waals surface area contributed by atoms with E-state index in [2.05, 4.69) is 4.72 Å². The summed E-state index contributed by atoms with van der Waals surface area (Å²) >= 11 is 5.90.